The highest BCUT2D eigenvalue weighted by atomic mass is 16.5. The highest BCUT2D eigenvalue weighted by Crippen LogP contribution is 2.46. The summed E-state index contributed by atoms with van der Waals surface area (Å²) in [6.07, 6.45) is 14.6. The van der Waals surface area contributed by atoms with Gasteiger partial charge in [-0.05, 0) is 37.2 Å². The second kappa shape index (κ2) is 8.97. The van der Waals surface area contributed by atoms with Crippen molar-refractivity contribution in [2.75, 3.05) is 0 Å². The number of aliphatic hydroxyl groups is 1. The Morgan fingerprint density at radius 2 is 1.92 bits per heavy atom. The number of benzene rings is 1. The van der Waals surface area contributed by atoms with Gasteiger partial charge < -0.3 is 14.9 Å². The highest BCUT2D eigenvalue weighted by Gasteiger charge is 2.46. The van der Waals surface area contributed by atoms with Crippen LogP contribution < -0.4 is 0 Å². The fourth-order valence-corrected chi connectivity index (χ4v) is 3.98. The summed E-state index contributed by atoms with van der Waals surface area (Å²) < 4.78 is 6.09. The van der Waals surface area contributed by atoms with Gasteiger partial charge in [-0.25, -0.2) is 4.79 Å². The molecular weight excluding hydrogens is 328 g/mol. The van der Waals surface area contributed by atoms with Crippen molar-refractivity contribution < 1.29 is 19.7 Å². The number of aliphatic hydroxyl groups excluding tert-OH is 1. The molecule has 0 aromatic heterocycles. The summed E-state index contributed by atoms with van der Waals surface area (Å²) in [7, 11) is 0. The lowest BCUT2D eigenvalue weighted by Gasteiger charge is -2.25. The first kappa shape index (κ1) is 18.6. The van der Waals surface area contributed by atoms with Gasteiger partial charge >= 0.3 is 5.97 Å². The lowest BCUT2D eigenvalue weighted by Crippen LogP contribution is -2.25. The maximum atomic E-state index is 10.4. The number of ether oxygens (including phenoxy) is 1. The van der Waals surface area contributed by atoms with E-state index in [1.54, 1.807) is 6.08 Å². The van der Waals surface area contributed by atoms with Crippen molar-refractivity contribution in [1.82, 2.24) is 0 Å². The Bertz CT molecular complexity index is 677. The first-order valence-electron chi connectivity index (χ1n) is 9.26. The van der Waals surface area contributed by atoms with Crippen molar-refractivity contribution >= 4 is 5.97 Å². The molecule has 2 aliphatic rings. The van der Waals surface area contributed by atoms with Crippen LogP contribution >= 0.6 is 0 Å². The van der Waals surface area contributed by atoms with Crippen LogP contribution in [0.15, 0.2) is 66.8 Å². The molecule has 4 nitrogen and oxygen atoms in total. The van der Waals surface area contributed by atoms with Gasteiger partial charge in [-0.3, -0.25) is 0 Å². The van der Waals surface area contributed by atoms with Gasteiger partial charge in [0.1, 0.15) is 0 Å². The standard InChI is InChI=1S/C22H26O4/c23-19(16-8-4-3-5-9-16)13-12-18-17(20-14-15-21(18)26-20)10-6-1-2-7-11-22(24)25/h1,3-9,11-13,17-21,23H,2,10,14-15H2,(H,24,25)/t17-,18+,19?,20-,21+/m0/s1. The van der Waals surface area contributed by atoms with Gasteiger partial charge in [0.2, 0.25) is 0 Å². The van der Waals surface area contributed by atoms with Crippen LogP contribution in [0.1, 0.15) is 37.4 Å². The van der Waals surface area contributed by atoms with Gasteiger partial charge in [-0.1, -0.05) is 60.7 Å². The van der Waals surface area contributed by atoms with Crippen LogP contribution in [0.4, 0.5) is 0 Å². The fraction of sp³-hybridized carbons (Fsp3) is 0.409. The van der Waals surface area contributed by atoms with E-state index in [4.69, 9.17) is 9.84 Å². The van der Waals surface area contributed by atoms with Crippen LogP contribution in [0, 0.1) is 11.8 Å². The van der Waals surface area contributed by atoms with Gasteiger partial charge in [-0.2, -0.15) is 0 Å². The van der Waals surface area contributed by atoms with E-state index >= 15 is 0 Å². The van der Waals surface area contributed by atoms with E-state index in [0.29, 0.717) is 24.4 Å². The number of allylic oxidation sites excluding steroid dienone is 3. The van der Waals surface area contributed by atoms with Crippen LogP contribution in [-0.2, 0) is 9.53 Å². The van der Waals surface area contributed by atoms with E-state index in [2.05, 4.69) is 12.2 Å². The summed E-state index contributed by atoms with van der Waals surface area (Å²) >= 11 is 0. The largest absolute Gasteiger partial charge is 0.478 e. The maximum Gasteiger partial charge on any atom is 0.327 e. The Morgan fingerprint density at radius 3 is 2.69 bits per heavy atom. The number of carboxylic acids is 1. The molecule has 0 radical (unpaired) electrons. The number of carboxylic acid groups (broad SMARTS) is 1. The third kappa shape index (κ3) is 4.71. The van der Waals surface area contributed by atoms with Crippen molar-refractivity contribution in [3.8, 4) is 0 Å². The van der Waals surface area contributed by atoms with E-state index in [1.165, 1.54) is 6.08 Å². The maximum absolute atomic E-state index is 10.4. The molecule has 2 bridgehead atoms. The zero-order chi connectivity index (χ0) is 18.4. The second-order valence-corrected chi connectivity index (χ2v) is 6.96. The molecule has 1 unspecified atom stereocenters. The number of aliphatic carboxylic acids is 1. The third-order valence-electron chi connectivity index (χ3n) is 5.25. The Hall–Kier alpha value is -2.17. The predicted octanol–water partition coefficient (Wildman–Crippen LogP) is 4.05. The Labute approximate surface area is 154 Å². The Balaban J connectivity index is 1.57. The molecule has 2 aliphatic heterocycles. The summed E-state index contributed by atoms with van der Waals surface area (Å²) in [5, 5.41) is 18.9. The molecule has 0 spiro atoms. The molecule has 5 atom stereocenters. The van der Waals surface area contributed by atoms with Crippen molar-refractivity contribution in [1.29, 1.82) is 0 Å². The van der Waals surface area contributed by atoms with E-state index in [1.807, 2.05) is 42.5 Å². The van der Waals surface area contributed by atoms with E-state index in [0.717, 1.165) is 24.8 Å². The predicted molar refractivity (Wildman–Crippen MR) is 101 cm³/mol. The summed E-state index contributed by atoms with van der Waals surface area (Å²) in [4.78, 5) is 10.4. The lowest BCUT2D eigenvalue weighted by molar-refractivity contribution is -0.131. The number of rotatable bonds is 8. The second-order valence-electron chi connectivity index (χ2n) is 6.96. The molecule has 2 N–H and O–H groups in total. The minimum Gasteiger partial charge on any atom is -0.478 e. The monoisotopic (exact) mass is 354 g/mol. The normalized spacial score (nSPS) is 29.3. The Morgan fingerprint density at radius 1 is 1.15 bits per heavy atom. The lowest BCUT2D eigenvalue weighted by atomic mass is 9.77. The molecule has 1 aromatic carbocycles. The number of hydrogen-bond acceptors (Lipinski definition) is 3. The summed E-state index contributed by atoms with van der Waals surface area (Å²) in [5.41, 5.74) is 0.898. The Kier molecular flexibility index (Phi) is 6.42. The van der Waals surface area contributed by atoms with Crippen LogP contribution in [0.5, 0.6) is 0 Å². The zero-order valence-electron chi connectivity index (χ0n) is 14.8. The SMILES string of the molecule is O=C(O)C=CCC=CC[C@H]1[C@@H](C=CC(O)c2ccccc2)[C@H]2CC[C@@H]1O2. The molecule has 138 valence electrons. The van der Waals surface area contributed by atoms with Gasteiger partial charge in [-0.15, -0.1) is 0 Å². The summed E-state index contributed by atoms with van der Waals surface area (Å²) in [5.74, 6) is -0.166. The first-order valence-corrected chi connectivity index (χ1v) is 9.26. The minimum atomic E-state index is -0.915. The first-order chi connectivity index (χ1) is 12.6. The van der Waals surface area contributed by atoms with Crippen LogP contribution in [0.2, 0.25) is 0 Å². The average molecular weight is 354 g/mol. The van der Waals surface area contributed by atoms with Gasteiger partial charge in [0.25, 0.3) is 0 Å². The van der Waals surface area contributed by atoms with Gasteiger partial charge in [0.15, 0.2) is 0 Å². The molecular formula is C22H26O4. The smallest absolute Gasteiger partial charge is 0.327 e. The van der Waals surface area contributed by atoms with Crippen molar-refractivity contribution in [3.63, 3.8) is 0 Å². The number of fused-ring (bicyclic) bond motifs is 2. The molecule has 4 heteroatoms. The molecule has 2 fully saturated rings. The zero-order valence-corrected chi connectivity index (χ0v) is 14.8. The molecule has 0 saturated carbocycles. The van der Waals surface area contributed by atoms with E-state index < -0.39 is 12.1 Å². The molecule has 2 saturated heterocycles. The molecule has 3 rings (SSSR count). The van der Waals surface area contributed by atoms with E-state index in [-0.39, 0.29) is 6.10 Å². The number of hydrogen-bond donors (Lipinski definition) is 2. The third-order valence-corrected chi connectivity index (χ3v) is 5.25. The van der Waals surface area contributed by atoms with Gasteiger partial charge in [0.05, 0.1) is 18.3 Å². The van der Waals surface area contributed by atoms with E-state index in [9.17, 15) is 9.90 Å². The molecule has 1 aromatic rings. The topological polar surface area (TPSA) is 66.8 Å². The molecule has 2 heterocycles. The molecule has 0 amide bonds. The van der Waals surface area contributed by atoms with Crippen molar-refractivity contribution in [2.24, 2.45) is 11.8 Å². The van der Waals surface area contributed by atoms with Crippen LogP contribution in [0.25, 0.3) is 0 Å². The van der Waals surface area contributed by atoms with Gasteiger partial charge in [0, 0.05) is 12.0 Å². The highest BCUT2D eigenvalue weighted by molar-refractivity contribution is 5.79. The number of carbonyl (C=O) groups is 1. The molecule has 0 aliphatic carbocycles. The van der Waals surface area contributed by atoms with Crippen LogP contribution in [-0.4, -0.2) is 28.4 Å². The fourth-order valence-electron chi connectivity index (χ4n) is 3.98. The summed E-state index contributed by atoms with van der Waals surface area (Å²) in [6, 6.07) is 9.66. The summed E-state index contributed by atoms with van der Waals surface area (Å²) in [6.45, 7) is 0. The van der Waals surface area contributed by atoms with Crippen molar-refractivity contribution in [3.05, 3.63) is 72.4 Å². The van der Waals surface area contributed by atoms with Crippen LogP contribution in [0.3, 0.4) is 0 Å². The quantitative estimate of drug-likeness (QED) is 0.546. The molecule has 26 heavy (non-hydrogen) atoms. The minimum absolute atomic E-state index is 0.254. The van der Waals surface area contributed by atoms with Crippen molar-refractivity contribution in [2.45, 2.75) is 44.0 Å². The average Bonchev–Trinajstić information content (AvgIpc) is 3.24.